The summed E-state index contributed by atoms with van der Waals surface area (Å²) < 4.78 is 31.7. The van der Waals surface area contributed by atoms with E-state index in [0.29, 0.717) is 112 Å². The standard InChI is InChI=1S/C55H45FN8O8/c1-28-21-42-44(26-40(28)48-29(2)63-72-30(48)3)60-52-50(42)51(36-13-17-57-43-12-6-32(56)23-41(36)43)61-53(62-52)55(69)59-33-14-19-64(20-15-33)18-4-16-58-54(68)31-5-9-37(45(22-31)70-27-65)49-38-10-7-34(66)24-46(38)71-47-25-35(67)8-11-39(47)49/h5-13,17,21-27,33,66H,4,14-16,18-20H2,1-3H3,(H,58,68)(H,59,69)(H,60,61,62). The number of aryl methyl sites for hydroxylation is 3. The lowest BCUT2D eigenvalue weighted by Gasteiger charge is -2.32. The number of hydrogen-bond acceptors (Lipinski definition) is 13. The number of phenols is 1. The molecule has 6 heterocycles. The van der Waals surface area contributed by atoms with E-state index in [0.717, 1.165) is 33.3 Å². The van der Waals surface area contributed by atoms with Gasteiger partial charge in [0, 0.05) is 99.1 Å². The van der Waals surface area contributed by atoms with Gasteiger partial charge >= 0.3 is 0 Å². The Balaban J connectivity index is 0.765. The lowest BCUT2D eigenvalue weighted by molar-refractivity contribution is -0.120. The van der Waals surface area contributed by atoms with E-state index in [1.165, 1.54) is 42.5 Å². The van der Waals surface area contributed by atoms with Crippen LogP contribution in [0.25, 0.3) is 88.6 Å². The Labute approximate surface area is 409 Å². The second kappa shape index (κ2) is 18.5. The largest absolute Gasteiger partial charge is 0.508 e. The minimum absolute atomic E-state index is 0.0242. The predicted molar refractivity (Wildman–Crippen MR) is 269 cm³/mol. The van der Waals surface area contributed by atoms with Gasteiger partial charge in [0.15, 0.2) is 5.43 Å². The second-order valence-electron chi connectivity index (χ2n) is 18.1. The van der Waals surface area contributed by atoms with Gasteiger partial charge in [0.2, 0.25) is 5.82 Å². The van der Waals surface area contributed by atoms with Crippen molar-refractivity contribution in [2.24, 2.45) is 0 Å². The highest BCUT2D eigenvalue weighted by Gasteiger charge is 2.27. The van der Waals surface area contributed by atoms with Gasteiger partial charge in [0.05, 0.1) is 22.3 Å². The van der Waals surface area contributed by atoms with Crippen LogP contribution in [0.1, 0.15) is 57.3 Å². The number of pyridine rings is 1. The number of nitrogens with zero attached hydrogens (tertiary/aromatic N) is 5. The zero-order chi connectivity index (χ0) is 49.8. The molecular formula is C55H45FN8O8. The minimum Gasteiger partial charge on any atom is -0.508 e. The first kappa shape index (κ1) is 45.6. The van der Waals surface area contributed by atoms with E-state index in [2.05, 4.69) is 36.7 Å². The molecule has 0 atom stereocenters. The van der Waals surface area contributed by atoms with Gasteiger partial charge in [0.25, 0.3) is 18.3 Å². The molecule has 0 spiro atoms. The molecule has 4 aromatic heterocycles. The number of fused-ring (bicyclic) bond motifs is 6. The zero-order valence-electron chi connectivity index (χ0n) is 39.3. The highest BCUT2D eigenvalue weighted by Crippen LogP contribution is 2.45. The van der Waals surface area contributed by atoms with Gasteiger partial charge in [-0.1, -0.05) is 5.16 Å². The Hall–Kier alpha value is -8.83. The fraction of sp³-hybridized carbons (Fsp3) is 0.200. The molecule has 1 saturated heterocycles. The van der Waals surface area contributed by atoms with Crippen LogP contribution in [0, 0.1) is 26.6 Å². The molecule has 2 amide bonds. The number of halogens is 1. The van der Waals surface area contributed by atoms with Crippen LogP contribution in [0.15, 0.2) is 111 Å². The summed E-state index contributed by atoms with van der Waals surface area (Å²) in [6.07, 6.45) is 3.67. The third-order valence-corrected chi connectivity index (χ3v) is 13.5. The molecular weight excluding hydrogens is 920 g/mol. The van der Waals surface area contributed by atoms with E-state index in [9.17, 15) is 28.7 Å². The Morgan fingerprint density at radius 2 is 1.71 bits per heavy atom. The van der Waals surface area contributed by atoms with Gasteiger partial charge in [-0.05, 0) is 137 Å². The Bertz CT molecular complexity index is 3840. The number of phenolic OH excluding ortho intramolecular Hbond substituents is 1. The number of carbonyl (C=O) groups is 3. The Morgan fingerprint density at radius 3 is 2.51 bits per heavy atom. The van der Waals surface area contributed by atoms with Crippen molar-refractivity contribution in [3.63, 3.8) is 0 Å². The number of amides is 2. The first-order chi connectivity index (χ1) is 34.9. The molecule has 0 bridgehead atoms. The normalized spacial score (nSPS) is 13.4. The molecule has 4 aromatic carbocycles. The van der Waals surface area contributed by atoms with E-state index < -0.39 is 11.7 Å². The van der Waals surface area contributed by atoms with Crippen LogP contribution in [0.5, 0.6) is 11.5 Å². The van der Waals surface area contributed by atoms with E-state index in [4.69, 9.17) is 23.6 Å². The van der Waals surface area contributed by atoms with Crippen molar-refractivity contribution in [1.82, 2.24) is 40.6 Å². The molecule has 360 valence electrons. The van der Waals surface area contributed by atoms with Crippen LogP contribution in [-0.2, 0) is 4.79 Å². The molecule has 11 rings (SSSR count). The van der Waals surface area contributed by atoms with E-state index >= 15 is 0 Å². The van der Waals surface area contributed by atoms with Crippen molar-refractivity contribution in [3.05, 3.63) is 142 Å². The Kier molecular flexibility index (Phi) is 11.7. The number of piperidine rings is 1. The number of H-pyrrole nitrogens is 1. The predicted octanol–water partition coefficient (Wildman–Crippen LogP) is 9.18. The summed E-state index contributed by atoms with van der Waals surface area (Å²) in [7, 11) is 0. The number of likely N-dealkylation sites (tertiary alicyclic amines) is 1. The summed E-state index contributed by atoms with van der Waals surface area (Å²) in [4.78, 5) is 71.4. The minimum atomic E-state index is -0.427. The maximum Gasteiger partial charge on any atom is 0.298 e. The number of aromatic amines is 1. The van der Waals surface area contributed by atoms with Gasteiger partial charge < -0.3 is 39.3 Å². The summed E-state index contributed by atoms with van der Waals surface area (Å²) in [5.74, 6) is -0.144. The quantitative estimate of drug-likeness (QED) is 0.0511. The summed E-state index contributed by atoms with van der Waals surface area (Å²) in [5, 5.41) is 23.1. The zero-order valence-corrected chi connectivity index (χ0v) is 39.3. The summed E-state index contributed by atoms with van der Waals surface area (Å²) in [6, 6.07) is 23.9. The van der Waals surface area contributed by atoms with Gasteiger partial charge in [-0.15, -0.1) is 0 Å². The van der Waals surface area contributed by atoms with Gasteiger partial charge in [-0.3, -0.25) is 24.2 Å². The molecule has 0 unspecified atom stereocenters. The summed E-state index contributed by atoms with van der Waals surface area (Å²) in [6.45, 7) is 8.61. The number of rotatable bonds is 12. The van der Waals surface area contributed by atoms with E-state index in [1.54, 1.807) is 42.6 Å². The van der Waals surface area contributed by atoms with E-state index in [-0.39, 0.29) is 52.5 Å². The van der Waals surface area contributed by atoms with Crippen LogP contribution in [0.3, 0.4) is 0 Å². The second-order valence-corrected chi connectivity index (χ2v) is 18.1. The smallest absolute Gasteiger partial charge is 0.298 e. The summed E-state index contributed by atoms with van der Waals surface area (Å²) >= 11 is 0. The third kappa shape index (κ3) is 8.42. The first-order valence-electron chi connectivity index (χ1n) is 23.5. The maximum absolute atomic E-state index is 14.8. The van der Waals surface area contributed by atoms with Crippen LogP contribution < -0.4 is 20.8 Å². The van der Waals surface area contributed by atoms with Crippen LogP contribution in [-0.4, -0.2) is 85.6 Å². The first-order valence-corrected chi connectivity index (χ1v) is 23.5. The molecule has 1 aliphatic carbocycles. The lowest BCUT2D eigenvalue weighted by atomic mass is 9.92. The van der Waals surface area contributed by atoms with Crippen molar-refractivity contribution < 1.29 is 37.6 Å². The average molecular weight is 965 g/mol. The van der Waals surface area contributed by atoms with Gasteiger partial charge in [-0.25, -0.2) is 14.4 Å². The Morgan fingerprint density at radius 1 is 0.875 bits per heavy atom. The van der Waals surface area contributed by atoms with Crippen LogP contribution >= 0.6 is 0 Å². The van der Waals surface area contributed by atoms with Crippen molar-refractivity contribution >= 4 is 62.1 Å². The van der Waals surface area contributed by atoms with Crippen LogP contribution in [0.4, 0.5) is 4.39 Å². The number of aromatic nitrogens is 5. The maximum atomic E-state index is 14.8. The van der Waals surface area contributed by atoms with E-state index in [1.807, 2.05) is 26.8 Å². The topological polar surface area (TPSA) is 219 Å². The fourth-order valence-corrected chi connectivity index (χ4v) is 10.0. The van der Waals surface area contributed by atoms with Gasteiger partial charge in [0.1, 0.15) is 40.1 Å². The SMILES string of the molecule is Cc1cc2c(cc1-c1c(C)noc1C)[nH]c1nc(C(=O)NC3CCN(CCCNC(=O)c4ccc(-c5c6ccc(=O)cc-6oc6cc(O)ccc56)c(OC=O)c4)CC3)nc(-c3ccnc4ccc(F)cc34)c12. The molecule has 3 aliphatic rings. The van der Waals surface area contributed by atoms with Gasteiger partial charge in [-0.2, -0.15) is 0 Å². The monoisotopic (exact) mass is 964 g/mol. The molecule has 0 radical (unpaired) electrons. The highest BCUT2D eigenvalue weighted by atomic mass is 19.1. The molecule has 1 fully saturated rings. The number of aromatic hydroxyl groups is 1. The molecule has 8 aromatic rings. The fourth-order valence-electron chi connectivity index (χ4n) is 10.0. The molecule has 4 N–H and O–H groups in total. The number of carbonyl (C=O) groups excluding carboxylic acids is 3. The molecule has 16 nitrogen and oxygen atoms in total. The lowest BCUT2D eigenvalue weighted by Crippen LogP contribution is -2.45. The molecule has 0 saturated carbocycles. The average Bonchev–Trinajstić information content (AvgIpc) is 3.90. The number of ether oxygens (including phenoxy) is 1. The highest BCUT2D eigenvalue weighted by molar-refractivity contribution is 6.16. The van der Waals surface area contributed by atoms with Crippen molar-refractivity contribution in [2.45, 2.75) is 46.1 Å². The molecule has 17 heteroatoms. The van der Waals surface area contributed by atoms with Crippen molar-refractivity contribution in [1.29, 1.82) is 0 Å². The molecule has 2 aliphatic heterocycles. The number of nitrogens with one attached hydrogen (secondary N) is 3. The number of benzene rings is 5. The molecule has 72 heavy (non-hydrogen) atoms. The third-order valence-electron chi connectivity index (χ3n) is 13.5. The van der Waals surface area contributed by atoms with Crippen molar-refractivity contribution in [2.75, 3.05) is 26.2 Å². The van der Waals surface area contributed by atoms with Crippen LogP contribution in [0.2, 0.25) is 0 Å². The number of hydrogen-bond donors (Lipinski definition) is 4. The summed E-state index contributed by atoms with van der Waals surface area (Å²) in [5.41, 5.74) is 8.50. The van der Waals surface area contributed by atoms with Crippen molar-refractivity contribution in [3.8, 4) is 56.3 Å².